The topological polar surface area (TPSA) is 105 Å². The predicted molar refractivity (Wildman–Crippen MR) is 114 cm³/mol. The second-order valence-corrected chi connectivity index (χ2v) is 11.0. The second-order valence-electron chi connectivity index (χ2n) is 6.35. The molecule has 2 rings (SSSR count). The Labute approximate surface area is 177 Å². The van der Waals surface area contributed by atoms with Crippen LogP contribution in [-0.4, -0.2) is 67.3 Å². The third-order valence-corrected chi connectivity index (χ3v) is 7.64. The van der Waals surface area contributed by atoms with Gasteiger partial charge in [0.2, 0.25) is 0 Å². The van der Waals surface area contributed by atoms with E-state index in [2.05, 4.69) is 0 Å². The van der Waals surface area contributed by atoms with Crippen molar-refractivity contribution in [3.8, 4) is 23.0 Å². The first-order chi connectivity index (χ1) is 14.2. The highest BCUT2D eigenvalue weighted by Gasteiger charge is 2.18. The molecule has 2 aromatic carbocycles. The van der Waals surface area contributed by atoms with Crippen LogP contribution in [0.25, 0.3) is 0 Å². The zero-order valence-electron chi connectivity index (χ0n) is 16.9. The molecule has 0 spiro atoms. The minimum atomic E-state index is -3.57. The van der Waals surface area contributed by atoms with Gasteiger partial charge in [-0.1, -0.05) is 0 Å². The van der Waals surface area contributed by atoms with Gasteiger partial charge in [0.25, 0.3) is 0 Å². The van der Waals surface area contributed by atoms with E-state index < -0.39 is 31.2 Å². The van der Waals surface area contributed by atoms with Crippen LogP contribution in [0.5, 0.6) is 23.0 Å². The number of rotatable bonds is 13. The van der Waals surface area contributed by atoms with Crippen LogP contribution in [-0.2, 0) is 19.7 Å². The summed E-state index contributed by atoms with van der Waals surface area (Å²) in [6, 6.07) is 13.5. The number of hydrogen-bond donors (Lipinski definition) is 0. The second kappa shape index (κ2) is 11.1. The first kappa shape index (κ1) is 23.8. The summed E-state index contributed by atoms with van der Waals surface area (Å²) < 4.78 is 69.3. The summed E-state index contributed by atoms with van der Waals surface area (Å²) in [6.45, 7) is -0.120. The number of benzene rings is 2. The van der Waals surface area contributed by atoms with E-state index in [1.54, 1.807) is 62.8 Å². The van der Waals surface area contributed by atoms with Gasteiger partial charge in [-0.3, -0.25) is 0 Å². The summed E-state index contributed by atoms with van der Waals surface area (Å²) in [5.41, 5.74) is 0. The molecule has 0 fully saturated rings. The van der Waals surface area contributed by atoms with Crippen LogP contribution in [0.1, 0.15) is 0 Å². The molecule has 0 radical (unpaired) electrons. The van der Waals surface area contributed by atoms with E-state index in [1.807, 2.05) is 0 Å². The summed E-state index contributed by atoms with van der Waals surface area (Å²) in [4.78, 5) is 0. The fourth-order valence-corrected chi connectivity index (χ4v) is 5.49. The van der Waals surface area contributed by atoms with Crippen LogP contribution in [0.15, 0.2) is 48.5 Å². The molecular formula is C20H26O8S2. The van der Waals surface area contributed by atoms with E-state index in [0.717, 1.165) is 0 Å². The fraction of sp³-hybridized carbons (Fsp3) is 0.400. The van der Waals surface area contributed by atoms with Crippen molar-refractivity contribution in [2.75, 3.05) is 50.4 Å². The Balaban J connectivity index is 1.71. The highest BCUT2D eigenvalue weighted by Crippen LogP contribution is 2.18. The Morgan fingerprint density at radius 2 is 0.833 bits per heavy atom. The number of methoxy groups -OCH3 is 2. The lowest BCUT2D eigenvalue weighted by Crippen LogP contribution is -2.25. The van der Waals surface area contributed by atoms with E-state index in [4.69, 9.17) is 18.9 Å². The highest BCUT2D eigenvalue weighted by molar-refractivity contribution is 7.95. The van der Waals surface area contributed by atoms with Gasteiger partial charge in [-0.05, 0) is 48.5 Å². The number of sulfone groups is 2. The van der Waals surface area contributed by atoms with Crippen molar-refractivity contribution < 1.29 is 35.8 Å². The lowest BCUT2D eigenvalue weighted by atomic mass is 10.3. The van der Waals surface area contributed by atoms with Gasteiger partial charge in [0.15, 0.2) is 19.7 Å². The Hall–Kier alpha value is -2.46. The molecule has 0 aliphatic rings. The van der Waals surface area contributed by atoms with E-state index in [0.29, 0.717) is 23.0 Å². The first-order valence-electron chi connectivity index (χ1n) is 9.17. The van der Waals surface area contributed by atoms with Gasteiger partial charge in [0.1, 0.15) is 36.2 Å². The van der Waals surface area contributed by atoms with Gasteiger partial charge < -0.3 is 18.9 Å². The van der Waals surface area contributed by atoms with Crippen molar-refractivity contribution in [2.45, 2.75) is 0 Å². The van der Waals surface area contributed by atoms with Crippen molar-refractivity contribution >= 4 is 19.7 Å². The van der Waals surface area contributed by atoms with Gasteiger partial charge in [0.05, 0.1) is 37.2 Å². The van der Waals surface area contributed by atoms with E-state index in [1.165, 1.54) is 0 Å². The molecule has 0 N–H and O–H groups in total. The molecule has 0 aliphatic heterocycles. The molecule has 0 amide bonds. The maximum absolute atomic E-state index is 12.1. The maximum atomic E-state index is 12.1. The third-order valence-electron chi connectivity index (χ3n) is 4.15. The number of hydrogen-bond acceptors (Lipinski definition) is 8. The molecule has 0 unspecified atom stereocenters. The van der Waals surface area contributed by atoms with Crippen LogP contribution in [0, 0.1) is 0 Å². The van der Waals surface area contributed by atoms with Gasteiger partial charge in [-0.15, -0.1) is 0 Å². The Kier molecular flexibility index (Phi) is 8.79. The largest absolute Gasteiger partial charge is 0.497 e. The molecule has 10 heteroatoms. The fourth-order valence-electron chi connectivity index (χ4n) is 2.37. The minimum absolute atomic E-state index is 0.0602. The monoisotopic (exact) mass is 458 g/mol. The Bertz CT molecular complexity index is 899. The number of ether oxygens (including phenoxy) is 4. The average Bonchev–Trinajstić information content (AvgIpc) is 2.73. The van der Waals surface area contributed by atoms with Gasteiger partial charge in [0, 0.05) is 0 Å². The van der Waals surface area contributed by atoms with Crippen molar-refractivity contribution in [3.63, 3.8) is 0 Å². The molecule has 2 aromatic rings. The maximum Gasteiger partial charge on any atom is 0.154 e. The molecule has 0 saturated heterocycles. The summed E-state index contributed by atoms with van der Waals surface area (Å²) in [5, 5.41) is 0. The SMILES string of the molecule is COc1ccc(OCCS(=O)(=O)CCS(=O)(=O)CCOc2ccc(OC)cc2)cc1. The summed E-state index contributed by atoms with van der Waals surface area (Å²) >= 11 is 0. The summed E-state index contributed by atoms with van der Waals surface area (Å²) in [5.74, 6) is 0.900. The van der Waals surface area contributed by atoms with Crippen LogP contribution in [0.3, 0.4) is 0 Å². The molecule has 0 atom stereocenters. The zero-order valence-corrected chi connectivity index (χ0v) is 18.6. The lowest BCUT2D eigenvalue weighted by molar-refractivity contribution is 0.339. The van der Waals surface area contributed by atoms with Crippen LogP contribution in [0.2, 0.25) is 0 Å². The van der Waals surface area contributed by atoms with E-state index >= 15 is 0 Å². The van der Waals surface area contributed by atoms with E-state index in [9.17, 15) is 16.8 Å². The predicted octanol–water partition coefficient (Wildman–Crippen LogP) is 1.99. The van der Waals surface area contributed by atoms with E-state index in [-0.39, 0.29) is 24.7 Å². The molecule has 0 aromatic heterocycles. The standard InChI is InChI=1S/C20H26O8S2/c1-25-17-3-7-19(8-4-17)27-11-13-29(21,22)15-16-30(23,24)14-12-28-20-9-5-18(26-2)6-10-20/h3-10H,11-16H2,1-2H3. The van der Waals surface area contributed by atoms with Crippen molar-refractivity contribution in [1.29, 1.82) is 0 Å². The minimum Gasteiger partial charge on any atom is -0.497 e. The third kappa shape index (κ3) is 8.50. The highest BCUT2D eigenvalue weighted by atomic mass is 32.2. The Morgan fingerprint density at radius 1 is 0.533 bits per heavy atom. The van der Waals surface area contributed by atoms with Crippen LogP contribution in [0.4, 0.5) is 0 Å². The summed E-state index contributed by atoms with van der Waals surface area (Å²) in [7, 11) is -4.05. The van der Waals surface area contributed by atoms with Crippen molar-refractivity contribution in [1.82, 2.24) is 0 Å². The Morgan fingerprint density at radius 3 is 1.13 bits per heavy atom. The summed E-state index contributed by atoms with van der Waals surface area (Å²) in [6.07, 6.45) is 0. The van der Waals surface area contributed by atoms with Crippen LogP contribution < -0.4 is 18.9 Å². The molecule has 8 nitrogen and oxygen atoms in total. The quantitative estimate of drug-likeness (QED) is 0.449. The molecule has 0 heterocycles. The zero-order chi connectivity index (χ0) is 22.0. The molecule has 0 bridgehead atoms. The first-order valence-corrected chi connectivity index (χ1v) is 12.8. The molecule has 30 heavy (non-hydrogen) atoms. The van der Waals surface area contributed by atoms with Crippen LogP contribution >= 0.6 is 0 Å². The van der Waals surface area contributed by atoms with Crippen molar-refractivity contribution in [3.05, 3.63) is 48.5 Å². The van der Waals surface area contributed by atoms with Gasteiger partial charge in [-0.2, -0.15) is 0 Å². The molecule has 166 valence electrons. The van der Waals surface area contributed by atoms with Gasteiger partial charge in [-0.25, -0.2) is 16.8 Å². The van der Waals surface area contributed by atoms with Gasteiger partial charge >= 0.3 is 0 Å². The normalized spacial score (nSPS) is 11.7. The molecule has 0 saturated carbocycles. The van der Waals surface area contributed by atoms with Crippen molar-refractivity contribution in [2.24, 2.45) is 0 Å². The average molecular weight is 459 g/mol. The molecule has 0 aliphatic carbocycles. The molecular weight excluding hydrogens is 432 g/mol. The lowest BCUT2D eigenvalue weighted by Gasteiger charge is -2.09. The smallest absolute Gasteiger partial charge is 0.154 e.